The first kappa shape index (κ1) is 10.9. The number of hydrogen-bond donors (Lipinski definition) is 1. The van der Waals surface area contributed by atoms with Crippen molar-refractivity contribution in [3.63, 3.8) is 0 Å². The Morgan fingerprint density at radius 3 is 2.93 bits per heavy atom. The molecular formula is C10H11BrN2OS. The number of rotatable bonds is 3. The van der Waals surface area contributed by atoms with Gasteiger partial charge in [0.1, 0.15) is 5.76 Å². The highest BCUT2D eigenvalue weighted by Gasteiger charge is 2.12. The summed E-state index contributed by atoms with van der Waals surface area (Å²) >= 11 is 4.89. The number of furan rings is 1. The number of aromatic nitrogens is 1. The van der Waals surface area contributed by atoms with Crippen LogP contribution in [0.5, 0.6) is 0 Å². The lowest BCUT2D eigenvalue weighted by Crippen LogP contribution is -2.12. The van der Waals surface area contributed by atoms with Crippen LogP contribution < -0.4 is 5.73 Å². The number of aryl methyl sites for hydroxylation is 1. The van der Waals surface area contributed by atoms with Crippen molar-refractivity contribution in [2.24, 2.45) is 5.73 Å². The third-order valence-electron chi connectivity index (χ3n) is 2.02. The van der Waals surface area contributed by atoms with Gasteiger partial charge in [-0.2, -0.15) is 0 Å². The Labute approximate surface area is 100 Å². The zero-order valence-corrected chi connectivity index (χ0v) is 10.6. The average Bonchev–Trinajstić information content (AvgIpc) is 2.75. The Morgan fingerprint density at radius 1 is 1.60 bits per heavy atom. The van der Waals surface area contributed by atoms with Crippen molar-refractivity contribution >= 4 is 27.3 Å². The van der Waals surface area contributed by atoms with E-state index in [0.29, 0.717) is 4.67 Å². The monoisotopic (exact) mass is 286 g/mol. The van der Waals surface area contributed by atoms with Crippen LogP contribution in [0.2, 0.25) is 0 Å². The van der Waals surface area contributed by atoms with Crippen molar-refractivity contribution in [3.05, 3.63) is 38.6 Å². The molecular weight excluding hydrogens is 276 g/mol. The third kappa shape index (κ3) is 2.68. The molecule has 2 heterocycles. The first-order chi connectivity index (χ1) is 7.15. The van der Waals surface area contributed by atoms with Crippen LogP contribution in [0, 0.1) is 6.92 Å². The lowest BCUT2D eigenvalue weighted by atomic mass is 10.2. The highest BCUT2D eigenvalue weighted by Crippen LogP contribution is 2.22. The third-order valence-corrected chi connectivity index (χ3v) is 3.44. The largest absolute Gasteiger partial charge is 0.453 e. The van der Waals surface area contributed by atoms with Gasteiger partial charge in [-0.05, 0) is 35.0 Å². The minimum atomic E-state index is -0.123. The van der Waals surface area contributed by atoms with Crippen LogP contribution in [0.3, 0.4) is 0 Å². The van der Waals surface area contributed by atoms with Gasteiger partial charge in [0.25, 0.3) is 0 Å². The molecule has 0 saturated carbocycles. The first-order valence-corrected chi connectivity index (χ1v) is 6.24. The minimum absolute atomic E-state index is 0.123. The maximum atomic E-state index is 6.00. The van der Waals surface area contributed by atoms with Gasteiger partial charge < -0.3 is 10.2 Å². The van der Waals surface area contributed by atoms with Crippen LogP contribution in [0.15, 0.2) is 26.6 Å². The summed E-state index contributed by atoms with van der Waals surface area (Å²) in [5.41, 5.74) is 7.05. The van der Waals surface area contributed by atoms with E-state index in [9.17, 15) is 0 Å². The molecule has 0 aliphatic rings. The molecule has 0 aliphatic carbocycles. The second-order valence-corrected chi connectivity index (χ2v) is 5.06. The van der Waals surface area contributed by atoms with Crippen LogP contribution >= 0.6 is 27.3 Å². The van der Waals surface area contributed by atoms with Crippen molar-refractivity contribution in [1.82, 2.24) is 4.98 Å². The fourth-order valence-electron chi connectivity index (χ4n) is 1.31. The van der Waals surface area contributed by atoms with Gasteiger partial charge in [-0.1, -0.05) is 0 Å². The zero-order chi connectivity index (χ0) is 10.8. The van der Waals surface area contributed by atoms with E-state index in [4.69, 9.17) is 10.2 Å². The van der Waals surface area contributed by atoms with Crippen LogP contribution in [-0.4, -0.2) is 4.98 Å². The number of nitrogens with zero attached hydrogens (tertiary/aromatic N) is 1. The molecule has 5 heteroatoms. The molecule has 80 valence electrons. The number of halogens is 1. The second kappa shape index (κ2) is 4.47. The molecule has 0 radical (unpaired) electrons. The second-order valence-electron chi connectivity index (χ2n) is 3.34. The quantitative estimate of drug-likeness (QED) is 0.944. The van der Waals surface area contributed by atoms with Crippen LogP contribution in [0.25, 0.3) is 0 Å². The number of thiazole rings is 1. The molecule has 0 bridgehead atoms. The summed E-state index contributed by atoms with van der Waals surface area (Å²) in [6.45, 7) is 1.98. The molecule has 0 saturated heterocycles. The van der Waals surface area contributed by atoms with E-state index < -0.39 is 0 Å². The summed E-state index contributed by atoms with van der Waals surface area (Å²) in [4.78, 5) is 4.37. The zero-order valence-electron chi connectivity index (χ0n) is 8.24. The Kier molecular flexibility index (Phi) is 3.23. The fraction of sp³-hybridized carbons (Fsp3) is 0.300. The molecule has 0 spiro atoms. The van der Waals surface area contributed by atoms with Gasteiger partial charge in [0.15, 0.2) is 4.67 Å². The van der Waals surface area contributed by atoms with Gasteiger partial charge in [0, 0.05) is 17.5 Å². The molecule has 2 rings (SSSR count). The molecule has 2 aromatic heterocycles. The normalized spacial score (nSPS) is 13.0. The van der Waals surface area contributed by atoms with Crippen molar-refractivity contribution < 1.29 is 4.42 Å². The lowest BCUT2D eigenvalue weighted by molar-refractivity contribution is 0.447. The van der Waals surface area contributed by atoms with Crippen LogP contribution in [0.1, 0.15) is 22.5 Å². The van der Waals surface area contributed by atoms with E-state index in [1.54, 1.807) is 11.3 Å². The van der Waals surface area contributed by atoms with Crippen molar-refractivity contribution in [3.8, 4) is 0 Å². The number of nitrogens with two attached hydrogens (primary N) is 1. The number of hydrogen-bond acceptors (Lipinski definition) is 4. The van der Waals surface area contributed by atoms with E-state index in [2.05, 4.69) is 20.9 Å². The van der Waals surface area contributed by atoms with Crippen LogP contribution in [-0.2, 0) is 6.42 Å². The van der Waals surface area contributed by atoms with Crippen molar-refractivity contribution in [2.75, 3.05) is 0 Å². The SMILES string of the molecule is Cc1csc(CC(N)c2ccc(Br)o2)n1. The maximum absolute atomic E-state index is 6.00. The highest BCUT2D eigenvalue weighted by atomic mass is 79.9. The van der Waals surface area contributed by atoms with Gasteiger partial charge in [0.05, 0.1) is 11.0 Å². The Morgan fingerprint density at radius 2 is 2.40 bits per heavy atom. The smallest absolute Gasteiger partial charge is 0.169 e. The summed E-state index contributed by atoms with van der Waals surface area (Å²) in [6.07, 6.45) is 0.721. The highest BCUT2D eigenvalue weighted by molar-refractivity contribution is 9.10. The van der Waals surface area contributed by atoms with Crippen molar-refractivity contribution in [1.29, 1.82) is 0 Å². The molecule has 2 aromatic rings. The predicted octanol–water partition coefficient (Wildman–Crippen LogP) is 3.05. The van der Waals surface area contributed by atoms with Crippen LogP contribution in [0.4, 0.5) is 0 Å². The van der Waals surface area contributed by atoms with Gasteiger partial charge >= 0.3 is 0 Å². The molecule has 15 heavy (non-hydrogen) atoms. The molecule has 3 nitrogen and oxygen atoms in total. The maximum Gasteiger partial charge on any atom is 0.169 e. The summed E-state index contributed by atoms with van der Waals surface area (Å²) in [5.74, 6) is 0.787. The molecule has 2 N–H and O–H groups in total. The minimum Gasteiger partial charge on any atom is -0.453 e. The van der Waals surface area contributed by atoms with Gasteiger partial charge in [-0.3, -0.25) is 0 Å². The van der Waals surface area contributed by atoms with Gasteiger partial charge in [-0.25, -0.2) is 4.98 Å². The van der Waals surface area contributed by atoms with E-state index in [1.165, 1.54) is 0 Å². The molecule has 0 fully saturated rings. The first-order valence-electron chi connectivity index (χ1n) is 4.57. The van der Waals surface area contributed by atoms with E-state index in [-0.39, 0.29) is 6.04 Å². The summed E-state index contributed by atoms with van der Waals surface area (Å²) in [5, 5.41) is 3.08. The summed E-state index contributed by atoms with van der Waals surface area (Å²) < 4.78 is 6.10. The Hall–Kier alpha value is -0.650. The van der Waals surface area contributed by atoms with E-state index in [1.807, 2.05) is 24.4 Å². The topological polar surface area (TPSA) is 52.0 Å². The lowest BCUT2D eigenvalue weighted by Gasteiger charge is -2.05. The summed E-state index contributed by atoms with van der Waals surface area (Å²) in [7, 11) is 0. The van der Waals surface area contributed by atoms with Crippen molar-refractivity contribution in [2.45, 2.75) is 19.4 Å². The molecule has 0 aliphatic heterocycles. The fourth-order valence-corrected chi connectivity index (χ4v) is 2.46. The Bertz CT molecular complexity index is 452. The summed E-state index contributed by atoms with van der Waals surface area (Å²) in [6, 6.07) is 3.61. The Balaban J connectivity index is 2.06. The molecule has 0 amide bonds. The molecule has 1 atom stereocenters. The molecule has 0 aromatic carbocycles. The standard InChI is InChI=1S/C10H11BrN2OS/c1-6-5-15-10(13-6)4-7(12)8-2-3-9(11)14-8/h2-3,5,7H,4,12H2,1H3. The molecule has 1 unspecified atom stereocenters. The van der Waals surface area contributed by atoms with E-state index in [0.717, 1.165) is 22.9 Å². The average molecular weight is 287 g/mol. The predicted molar refractivity (Wildman–Crippen MR) is 63.9 cm³/mol. The van der Waals surface area contributed by atoms with E-state index >= 15 is 0 Å². The van der Waals surface area contributed by atoms with Gasteiger partial charge in [-0.15, -0.1) is 11.3 Å². The van der Waals surface area contributed by atoms with Gasteiger partial charge in [0.2, 0.25) is 0 Å².